The molecule has 10 heteroatoms. The number of hydrazone groups is 1. The molecule has 2 rings (SSSR count). The van der Waals surface area contributed by atoms with Crippen LogP contribution in [-0.2, 0) is 4.79 Å². The number of nitrogens with zero attached hydrogens (tertiary/aromatic N) is 2. The van der Waals surface area contributed by atoms with Crippen LogP contribution in [0.2, 0.25) is 0 Å². The molecule has 10 nitrogen and oxygen atoms in total. The zero-order chi connectivity index (χ0) is 17.5. The number of non-ortho nitro benzene ring substituents is 1. The summed E-state index contributed by atoms with van der Waals surface area (Å²) in [4.78, 5) is 33.0. The van der Waals surface area contributed by atoms with Crippen molar-refractivity contribution in [3.8, 4) is 5.75 Å². The van der Waals surface area contributed by atoms with Gasteiger partial charge >= 0.3 is 0 Å². The second kappa shape index (κ2) is 7.54. The van der Waals surface area contributed by atoms with Crippen LogP contribution in [0.4, 0.5) is 5.69 Å². The third-order valence-electron chi connectivity index (χ3n) is 2.75. The molecule has 2 amide bonds. The van der Waals surface area contributed by atoms with Gasteiger partial charge in [-0.15, -0.1) is 0 Å². The monoisotopic (exact) mass is 331 g/mol. The number of amides is 2. The van der Waals surface area contributed by atoms with E-state index in [4.69, 9.17) is 4.42 Å². The van der Waals surface area contributed by atoms with Crippen LogP contribution in [0.5, 0.6) is 5.75 Å². The zero-order valence-corrected chi connectivity index (χ0v) is 12.1. The molecule has 0 radical (unpaired) electrons. The van der Waals surface area contributed by atoms with Crippen molar-refractivity contribution in [3.63, 3.8) is 0 Å². The molecule has 0 fully saturated rings. The van der Waals surface area contributed by atoms with Crippen molar-refractivity contribution in [2.75, 3.05) is 6.54 Å². The molecule has 1 heterocycles. The lowest BCUT2D eigenvalue weighted by Gasteiger charge is -2.08. The first-order valence-corrected chi connectivity index (χ1v) is 6.56. The second-order valence-electron chi connectivity index (χ2n) is 4.43. The number of hydrogen-bond donors (Lipinski definition) is 2. The number of nitro groups is 1. The number of hydrogen-bond acceptors (Lipinski definition) is 7. The molecule has 0 saturated heterocycles. The number of nitrogens with one attached hydrogen (secondary N) is 2. The highest BCUT2D eigenvalue weighted by Gasteiger charge is 2.09. The van der Waals surface area contributed by atoms with Gasteiger partial charge in [0.2, 0.25) is 0 Å². The van der Waals surface area contributed by atoms with Crippen LogP contribution in [0, 0.1) is 10.1 Å². The molecule has 0 aliphatic heterocycles. The van der Waals surface area contributed by atoms with Crippen LogP contribution in [0.1, 0.15) is 16.1 Å². The maximum absolute atomic E-state index is 11.5. The van der Waals surface area contributed by atoms with E-state index in [-0.39, 0.29) is 23.6 Å². The van der Waals surface area contributed by atoms with Crippen LogP contribution in [-0.4, -0.2) is 29.5 Å². The van der Waals surface area contributed by atoms with E-state index in [9.17, 15) is 24.8 Å². The van der Waals surface area contributed by atoms with Crippen LogP contribution >= 0.6 is 0 Å². The smallest absolute Gasteiger partial charge is 0.287 e. The van der Waals surface area contributed by atoms with E-state index in [2.05, 4.69) is 15.8 Å². The molecule has 0 aliphatic carbocycles. The SMILES string of the molecule is O=C(CNC(=O)c1ccco1)N/N=C\c1cc([N+](=O)[O-])ccc1[O-]. The number of carbonyl (C=O) groups is 2. The third-order valence-corrected chi connectivity index (χ3v) is 2.75. The second-order valence-corrected chi connectivity index (χ2v) is 4.43. The summed E-state index contributed by atoms with van der Waals surface area (Å²) in [6.45, 7) is -0.365. The van der Waals surface area contributed by atoms with E-state index < -0.39 is 22.5 Å². The van der Waals surface area contributed by atoms with Crippen molar-refractivity contribution in [1.82, 2.24) is 10.7 Å². The predicted octanol–water partition coefficient (Wildman–Crippen LogP) is 0.142. The molecule has 0 bridgehead atoms. The molecule has 2 aromatic rings. The molecule has 2 N–H and O–H groups in total. The molecule has 0 spiro atoms. The quantitative estimate of drug-likeness (QED) is 0.436. The Bertz CT molecular complexity index is 785. The summed E-state index contributed by atoms with van der Waals surface area (Å²) < 4.78 is 4.85. The van der Waals surface area contributed by atoms with E-state index in [1.54, 1.807) is 0 Å². The number of rotatable bonds is 6. The van der Waals surface area contributed by atoms with E-state index in [1.165, 1.54) is 18.4 Å². The minimum atomic E-state index is -0.653. The average Bonchev–Trinajstić information content (AvgIpc) is 3.08. The van der Waals surface area contributed by atoms with Gasteiger partial charge < -0.3 is 14.8 Å². The summed E-state index contributed by atoms with van der Waals surface area (Å²) >= 11 is 0. The van der Waals surface area contributed by atoms with Gasteiger partial charge in [0.25, 0.3) is 17.5 Å². The lowest BCUT2D eigenvalue weighted by Crippen LogP contribution is -2.34. The molecule has 124 valence electrons. The molecular formula is C14H11N4O6-. The molecule has 0 saturated carbocycles. The number of benzene rings is 1. The number of nitro benzene ring substituents is 1. The maximum Gasteiger partial charge on any atom is 0.287 e. The van der Waals surface area contributed by atoms with Gasteiger partial charge in [-0.05, 0) is 17.7 Å². The van der Waals surface area contributed by atoms with Gasteiger partial charge in [0.1, 0.15) is 0 Å². The maximum atomic E-state index is 11.5. The largest absolute Gasteiger partial charge is 0.872 e. The van der Waals surface area contributed by atoms with Crippen LogP contribution < -0.4 is 15.8 Å². The van der Waals surface area contributed by atoms with Crippen molar-refractivity contribution in [2.45, 2.75) is 0 Å². The summed E-state index contributed by atoms with van der Waals surface area (Å²) in [5.74, 6) is -1.65. The summed E-state index contributed by atoms with van der Waals surface area (Å²) in [6.07, 6.45) is 2.31. The molecule has 0 atom stereocenters. The minimum absolute atomic E-state index is 0.0517. The van der Waals surface area contributed by atoms with Crippen molar-refractivity contribution in [2.24, 2.45) is 5.10 Å². The fourth-order valence-corrected chi connectivity index (χ4v) is 1.62. The summed E-state index contributed by atoms with van der Waals surface area (Å²) in [7, 11) is 0. The molecule has 24 heavy (non-hydrogen) atoms. The van der Waals surface area contributed by atoms with E-state index >= 15 is 0 Å². The highest BCUT2D eigenvalue weighted by atomic mass is 16.6. The summed E-state index contributed by atoms with van der Waals surface area (Å²) in [6, 6.07) is 6.10. The number of furan rings is 1. The zero-order valence-electron chi connectivity index (χ0n) is 12.1. The van der Waals surface area contributed by atoms with E-state index in [0.717, 1.165) is 24.4 Å². The molecular weight excluding hydrogens is 320 g/mol. The Labute approximate surface area is 134 Å². The predicted molar refractivity (Wildman–Crippen MR) is 79.3 cm³/mol. The van der Waals surface area contributed by atoms with Gasteiger partial charge in [0.05, 0.1) is 23.9 Å². The van der Waals surface area contributed by atoms with Crippen molar-refractivity contribution in [1.29, 1.82) is 0 Å². The van der Waals surface area contributed by atoms with Gasteiger partial charge in [-0.3, -0.25) is 19.7 Å². The minimum Gasteiger partial charge on any atom is -0.872 e. The first-order chi connectivity index (χ1) is 11.5. The van der Waals surface area contributed by atoms with Crippen LogP contribution in [0.3, 0.4) is 0 Å². The third kappa shape index (κ3) is 4.40. The van der Waals surface area contributed by atoms with Crippen molar-refractivity contribution >= 4 is 23.7 Å². The Kier molecular flexibility index (Phi) is 5.24. The average molecular weight is 331 g/mol. The fourth-order valence-electron chi connectivity index (χ4n) is 1.62. The molecule has 0 aliphatic rings. The van der Waals surface area contributed by atoms with Crippen molar-refractivity contribution in [3.05, 3.63) is 58.0 Å². The van der Waals surface area contributed by atoms with Crippen LogP contribution in [0.25, 0.3) is 0 Å². The van der Waals surface area contributed by atoms with Gasteiger partial charge in [0, 0.05) is 12.1 Å². The van der Waals surface area contributed by atoms with Gasteiger partial charge in [0.15, 0.2) is 5.76 Å². The fraction of sp³-hybridized carbons (Fsp3) is 0.0714. The normalized spacial score (nSPS) is 10.5. The molecule has 1 aromatic carbocycles. The standard InChI is InChI=1S/C14H12N4O6/c19-11-4-3-10(18(22)23)6-9(11)7-16-17-13(20)8-15-14(21)12-2-1-5-24-12/h1-7,19H,8H2,(H,15,21)(H,17,20)/p-1/b16-7-. The Hall–Kier alpha value is -3.69. The molecule has 1 aromatic heterocycles. The highest BCUT2D eigenvalue weighted by Crippen LogP contribution is 2.18. The first-order valence-electron chi connectivity index (χ1n) is 6.56. The van der Waals surface area contributed by atoms with Crippen LogP contribution in [0.15, 0.2) is 46.1 Å². The van der Waals surface area contributed by atoms with Gasteiger partial charge in [-0.1, -0.05) is 11.8 Å². The summed E-state index contributed by atoms with van der Waals surface area (Å²) in [5.41, 5.74) is 1.76. The first kappa shape index (κ1) is 16.7. The van der Waals surface area contributed by atoms with Gasteiger partial charge in [-0.2, -0.15) is 5.10 Å². The Morgan fingerprint density at radius 2 is 2.12 bits per heavy atom. The Balaban J connectivity index is 1.87. The van der Waals surface area contributed by atoms with E-state index in [0.29, 0.717) is 0 Å². The van der Waals surface area contributed by atoms with E-state index in [1.807, 2.05) is 0 Å². The highest BCUT2D eigenvalue weighted by molar-refractivity contribution is 5.94. The lowest BCUT2D eigenvalue weighted by atomic mass is 10.2. The Morgan fingerprint density at radius 1 is 1.33 bits per heavy atom. The lowest BCUT2D eigenvalue weighted by molar-refractivity contribution is -0.385. The Morgan fingerprint density at radius 3 is 2.79 bits per heavy atom. The molecule has 0 unspecified atom stereocenters. The van der Waals surface area contributed by atoms with Crippen molar-refractivity contribution < 1.29 is 24.0 Å². The van der Waals surface area contributed by atoms with Gasteiger partial charge in [-0.25, -0.2) is 5.43 Å². The topological polar surface area (TPSA) is 150 Å². The summed E-state index contributed by atoms with van der Waals surface area (Å²) in [5, 5.41) is 28.0. The number of carbonyl (C=O) groups excluding carboxylic acids is 2.